The van der Waals surface area contributed by atoms with E-state index in [1.807, 2.05) is 48.2 Å². The molecule has 0 saturated carbocycles. The van der Waals surface area contributed by atoms with Crippen molar-refractivity contribution in [1.29, 1.82) is 0 Å². The molecular formula is C28H30ClN5O3. The third-order valence-electron chi connectivity index (χ3n) is 6.79. The average molecular weight is 520 g/mol. The number of aryl methyl sites for hydroxylation is 1. The lowest BCUT2D eigenvalue weighted by Gasteiger charge is -2.28. The van der Waals surface area contributed by atoms with Gasteiger partial charge < -0.3 is 20.0 Å². The normalized spacial score (nSPS) is 15.7. The van der Waals surface area contributed by atoms with Crippen LogP contribution in [0.2, 0.25) is 5.02 Å². The highest BCUT2D eigenvalue weighted by Gasteiger charge is 2.20. The second-order valence-corrected chi connectivity index (χ2v) is 9.85. The number of hydrogen-bond acceptors (Lipinski definition) is 6. The molecule has 5 rings (SSSR count). The minimum absolute atomic E-state index is 0.0598. The Kier molecular flexibility index (Phi) is 7.58. The lowest BCUT2D eigenvalue weighted by molar-refractivity contribution is -0.126. The Hall–Kier alpha value is -3.62. The van der Waals surface area contributed by atoms with E-state index in [-0.39, 0.29) is 17.7 Å². The van der Waals surface area contributed by atoms with Crippen LogP contribution in [0.15, 0.2) is 59.2 Å². The van der Waals surface area contributed by atoms with Gasteiger partial charge in [0.1, 0.15) is 0 Å². The highest BCUT2D eigenvalue weighted by molar-refractivity contribution is 6.34. The molecule has 0 spiro atoms. The second kappa shape index (κ2) is 11.2. The highest BCUT2D eigenvalue weighted by Crippen LogP contribution is 2.27. The first-order valence-corrected chi connectivity index (χ1v) is 12.9. The molecule has 8 nitrogen and oxygen atoms in total. The Morgan fingerprint density at radius 3 is 2.78 bits per heavy atom. The summed E-state index contributed by atoms with van der Waals surface area (Å²) in [4.78, 5) is 33.7. The summed E-state index contributed by atoms with van der Waals surface area (Å²) < 4.78 is 5.63. The predicted octanol–water partition coefficient (Wildman–Crippen LogP) is 5.17. The van der Waals surface area contributed by atoms with Crippen molar-refractivity contribution >= 4 is 40.8 Å². The van der Waals surface area contributed by atoms with E-state index in [0.717, 1.165) is 42.9 Å². The molecule has 3 aromatic rings. The largest absolute Gasteiger partial charge is 0.418 e. The third-order valence-corrected chi connectivity index (χ3v) is 7.11. The fraction of sp³-hybridized carbons (Fsp3) is 0.321. The molecule has 0 bridgehead atoms. The fourth-order valence-corrected chi connectivity index (χ4v) is 4.99. The number of anilines is 3. The molecule has 0 atom stereocenters. The maximum Gasteiger partial charge on any atom is 0.299 e. The van der Waals surface area contributed by atoms with Crippen molar-refractivity contribution in [3.05, 3.63) is 82.2 Å². The number of carbonyl (C=O) groups excluding carboxylic acids is 2. The Morgan fingerprint density at radius 1 is 1.14 bits per heavy atom. The number of aromatic nitrogens is 1. The SMILES string of the molecule is Cc1cccc(Cl)c1NC(=O)c1cnc(Nc2ccc3c(c2)CCN(C(=O)/C=C/CN2CCCC2)C3)o1. The molecule has 37 heavy (non-hydrogen) atoms. The van der Waals surface area contributed by atoms with Crippen LogP contribution < -0.4 is 10.6 Å². The molecular weight excluding hydrogens is 490 g/mol. The van der Waals surface area contributed by atoms with Crippen molar-refractivity contribution in [2.45, 2.75) is 32.7 Å². The van der Waals surface area contributed by atoms with Gasteiger partial charge in [0, 0.05) is 31.4 Å². The summed E-state index contributed by atoms with van der Waals surface area (Å²) in [6.07, 6.45) is 8.34. The van der Waals surface area contributed by atoms with E-state index in [2.05, 4.69) is 20.5 Å². The molecule has 3 heterocycles. The molecule has 2 amide bonds. The van der Waals surface area contributed by atoms with Crippen LogP contribution >= 0.6 is 11.6 Å². The summed E-state index contributed by atoms with van der Waals surface area (Å²) in [5, 5.41) is 6.36. The number of carbonyl (C=O) groups is 2. The molecule has 0 radical (unpaired) electrons. The van der Waals surface area contributed by atoms with Crippen molar-refractivity contribution in [1.82, 2.24) is 14.8 Å². The van der Waals surface area contributed by atoms with Crippen LogP contribution in [0.5, 0.6) is 0 Å². The van der Waals surface area contributed by atoms with Crippen molar-refractivity contribution in [2.24, 2.45) is 0 Å². The van der Waals surface area contributed by atoms with Crippen LogP contribution in [-0.2, 0) is 17.8 Å². The maximum absolute atomic E-state index is 12.6. The summed E-state index contributed by atoms with van der Waals surface area (Å²) in [7, 11) is 0. The topological polar surface area (TPSA) is 90.7 Å². The van der Waals surface area contributed by atoms with E-state index >= 15 is 0 Å². The summed E-state index contributed by atoms with van der Waals surface area (Å²) >= 11 is 6.20. The number of nitrogens with zero attached hydrogens (tertiary/aromatic N) is 3. The minimum Gasteiger partial charge on any atom is -0.418 e. The standard InChI is InChI=1S/C28H30ClN5O3/c1-19-6-4-7-23(29)26(19)32-27(36)24-17-30-28(37-24)31-22-10-9-21-18-34(15-11-20(21)16-22)25(35)8-5-14-33-12-2-3-13-33/h4-10,16-17H,2-3,11-15,18H2,1H3,(H,30,31)(H,32,36)/b8-5+. The molecule has 0 unspecified atom stereocenters. The molecule has 1 aromatic heterocycles. The van der Waals surface area contributed by atoms with E-state index in [9.17, 15) is 9.59 Å². The molecule has 2 aromatic carbocycles. The lowest BCUT2D eigenvalue weighted by atomic mass is 9.99. The van der Waals surface area contributed by atoms with Crippen LogP contribution in [0, 0.1) is 6.92 Å². The number of hydrogen-bond donors (Lipinski definition) is 2. The molecule has 192 valence electrons. The second-order valence-electron chi connectivity index (χ2n) is 9.44. The lowest BCUT2D eigenvalue weighted by Crippen LogP contribution is -2.35. The number of rotatable bonds is 7. The van der Waals surface area contributed by atoms with E-state index in [1.165, 1.54) is 24.6 Å². The van der Waals surface area contributed by atoms with Gasteiger partial charge >= 0.3 is 0 Å². The van der Waals surface area contributed by atoms with Crippen molar-refractivity contribution in [3.8, 4) is 0 Å². The van der Waals surface area contributed by atoms with E-state index < -0.39 is 5.91 Å². The van der Waals surface area contributed by atoms with Gasteiger partial charge in [0.2, 0.25) is 11.7 Å². The summed E-state index contributed by atoms with van der Waals surface area (Å²) in [6, 6.07) is 11.6. The zero-order valence-corrected chi connectivity index (χ0v) is 21.6. The Bertz CT molecular complexity index is 1310. The summed E-state index contributed by atoms with van der Waals surface area (Å²) in [5.74, 6) is -0.294. The first-order valence-electron chi connectivity index (χ1n) is 12.6. The van der Waals surface area contributed by atoms with Gasteiger partial charge in [-0.05, 0) is 74.2 Å². The Labute approximate surface area is 221 Å². The number of amides is 2. The first kappa shape index (κ1) is 25.0. The number of fused-ring (bicyclic) bond motifs is 1. The van der Waals surface area contributed by atoms with Crippen LogP contribution in [0.4, 0.5) is 17.4 Å². The van der Waals surface area contributed by atoms with Gasteiger partial charge in [0.25, 0.3) is 11.9 Å². The zero-order valence-electron chi connectivity index (χ0n) is 20.8. The first-order chi connectivity index (χ1) is 18.0. The summed E-state index contributed by atoms with van der Waals surface area (Å²) in [5.41, 5.74) is 4.50. The maximum atomic E-state index is 12.6. The zero-order chi connectivity index (χ0) is 25.8. The Morgan fingerprint density at radius 2 is 1.97 bits per heavy atom. The average Bonchev–Trinajstić information content (AvgIpc) is 3.58. The van der Waals surface area contributed by atoms with Crippen molar-refractivity contribution < 1.29 is 14.0 Å². The molecule has 2 aliphatic rings. The molecule has 2 N–H and O–H groups in total. The van der Waals surface area contributed by atoms with Crippen LogP contribution in [0.25, 0.3) is 0 Å². The molecule has 2 aliphatic heterocycles. The third kappa shape index (κ3) is 6.03. The number of benzene rings is 2. The van der Waals surface area contributed by atoms with Crippen LogP contribution in [0.1, 0.15) is 40.1 Å². The number of halogens is 1. The van der Waals surface area contributed by atoms with Gasteiger partial charge in [-0.1, -0.05) is 35.9 Å². The van der Waals surface area contributed by atoms with Gasteiger partial charge in [-0.25, -0.2) is 4.98 Å². The van der Waals surface area contributed by atoms with Gasteiger partial charge in [0.05, 0.1) is 16.9 Å². The van der Waals surface area contributed by atoms with Gasteiger partial charge in [-0.15, -0.1) is 0 Å². The Balaban J connectivity index is 1.17. The predicted molar refractivity (Wildman–Crippen MR) is 144 cm³/mol. The van der Waals surface area contributed by atoms with Gasteiger partial charge in [0.15, 0.2) is 0 Å². The van der Waals surface area contributed by atoms with E-state index in [0.29, 0.717) is 23.8 Å². The number of nitrogens with one attached hydrogen (secondary N) is 2. The van der Waals surface area contributed by atoms with E-state index in [1.54, 1.807) is 12.1 Å². The van der Waals surface area contributed by atoms with Crippen molar-refractivity contribution in [3.63, 3.8) is 0 Å². The minimum atomic E-state index is -0.429. The van der Waals surface area contributed by atoms with E-state index in [4.69, 9.17) is 16.0 Å². The van der Waals surface area contributed by atoms with Crippen LogP contribution in [0.3, 0.4) is 0 Å². The molecule has 9 heteroatoms. The van der Waals surface area contributed by atoms with Gasteiger partial charge in [-0.3, -0.25) is 14.5 Å². The molecule has 1 fully saturated rings. The fourth-order valence-electron chi connectivity index (χ4n) is 4.72. The quantitative estimate of drug-likeness (QED) is 0.418. The highest BCUT2D eigenvalue weighted by atomic mass is 35.5. The monoisotopic (exact) mass is 519 g/mol. The number of para-hydroxylation sites is 1. The molecule has 0 aliphatic carbocycles. The number of likely N-dealkylation sites (tertiary alicyclic amines) is 1. The number of oxazole rings is 1. The van der Waals surface area contributed by atoms with Crippen molar-refractivity contribution in [2.75, 3.05) is 36.8 Å². The molecule has 1 saturated heterocycles. The van der Waals surface area contributed by atoms with Gasteiger partial charge in [-0.2, -0.15) is 0 Å². The smallest absolute Gasteiger partial charge is 0.299 e. The summed E-state index contributed by atoms with van der Waals surface area (Å²) in [6.45, 7) is 6.22. The van der Waals surface area contributed by atoms with Crippen LogP contribution in [-0.4, -0.2) is 52.8 Å².